The molecule has 3 N–H and O–H groups in total. The van der Waals surface area contributed by atoms with Crippen LogP contribution in [0.25, 0.3) is 0 Å². The van der Waals surface area contributed by atoms with Gasteiger partial charge in [0.05, 0.1) is 6.10 Å². The third-order valence-electron chi connectivity index (χ3n) is 2.21. The molecule has 0 radical (unpaired) electrons. The van der Waals surface area contributed by atoms with E-state index in [9.17, 15) is 13.9 Å². The first-order valence-corrected chi connectivity index (χ1v) is 4.40. The van der Waals surface area contributed by atoms with Gasteiger partial charge in [0, 0.05) is 5.56 Å². The second kappa shape index (κ2) is 4.48. The van der Waals surface area contributed by atoms with Crippen LogP contribution >= 0.6 is 0 Å². The number of benzene rings is 1. The molecule has 0 saturated heterocycles. The molecule has 0 spiro atoms. The zero-order valence-electron chi connectivity index (χ0n) is 7.87. The topological polar surface area (TPSA) is 46.2 Å². The lowest BCUT2D eigenvalue weighted by atomic mass is 9.97. The molecule has 0 bridgehead atoms. The van der Waals surface area contributed by atoms with Crippen molar-refractivity contribution in [2.45, 2.75) is 13.0 Å². The van der Waals surface area contributed by atoms with E-state index in [2.05, 4.69) is 0 Å². The molecule has 0 aliphatic rings. The van der Waals surface area contributed by atoms with Gasteiger partial charge in [-0.3, -0.25) is 0 Å². The Bertz CT molecular complexity index is 317. The van der Waals surface area contributed by atoms with Crippen LogP contribution < -0.4 is 5.73 Å². The van der Waals surface area contributed by atoms with Gasteiger partial charge >= 0.3 is 0 Å². The monoisotopic (exact) mass is 201 g/mol. The molecule has 0 aliphatic heterocycles. The number of nitrogens with two attached hydrogens (primary N) is 1. The molecule has 0 heterocycles. The number of aliphatic hydroxyl groups excluding tert-OH is 1. The lowest BCUT2D eigenvalue weighted by molar-refractivity contribution is 0.117. The van der Waals surface area contributed by atoms with Gasteiger partial charge in [-0.25, -0.2) is 8.78 Å². The average Bonchev–Trinajstić information content (AvgIpc) is 2.20. The van der Waals surface area contributed by atoms with Crippen molar-refractivity contribution in [2.75, 3.05) is 6.54 Å². The second-order valence-electron chi connectivity index (χ2n) is 3.30. The Morgan fingerprint density at radius 3 is 2.64 bits per heavy atom. The summed E-state index contributed by atoms with van der Waals surface area (Å²) in [5.74, 6) is -2.25. The first kappa shape index (κ1) is 11.1. The highest BCUT2D eigenvalue weighted by atomic mass is 19.2. The summed E-state index contributed by atoms with van der Waals surface area (Å²) in [6, 6.07) is 3.73. The van der Waals surface area contributed by atoms with E-state index in [0.29, 0.717) is 0 Å². The zero-order chi connectivity index (χ0) is 10.7. The molecule has 2 nitrogen and oxygen atoms in total. The zero-order valence-corrected chi connectivity index (χ0v) is 7.87. The minimum Gasteiger partial charge on any atom is -0.388 e. The molecule has 0 amide bonds. The lowest BCUT2D eigenvalue weighted by Crippen LogP contribution is -2.20. The van der Waals surface area contributed by atoms with E-state index in [-0.39, 0.29) is 18.0 Å². The molecule has 2 unspecified atom stereocenters. The summed E-state index contributed by atoms with van der Waals surface area (Å²) in [6.45, 7) is 1.89. The fourth-order valence-electron chi connectivity index (χ4n) is 1.18. The van der Waals surface area contributed by atoms with Crippen LogP contribution in [0, 0.1) is 17.6 Å². The largest absolute Gasteiger partial charge is 0.388 e. The van der Waals surface area contributed by atoms with Crippen molar-refractivity contribution in [1.29, 1.82) is 0 Å². The van der Waals surface area contributed by atoms with Gasteiger partial charge in [-0.2, -0.15) is 0 Å². The van der Waals surface area contributed by atoms with Crippen molar-refractivity contribution in [3.05, 3.63) is 35.4 Å². The van der Waals surface area contributed by atoms with Crippen molar-refractivity contribution in [1.82, 2.24) is 0 Å². The van der Waals surface area contributed by atoms with Crippen LogP contribution in [0.15, 0.2) is 18.2 Å². The Hall–Kier alpha value is -1.00. The summed E-state index contributed by atoms with van der Waals surface area (Å²) < 4.78 is 26.0. The lowest BCUT2D eigenvalue weighted by Gasteiger charge is -2.17. The summed E-state index contributed by atoms with van der Waals surface area (Å²) in [4.78, 5) is 0. The van der Waals surface area contributed by atoms with Crippen LogP contribution in [0.5, 0.6) is 0 Å². The van der Waals surface area contributed by atoms with Crippen molar-refractivity contribution in [3.63, 3.8) is 0 Å². The fourth-order valence-corrected chi connectivity index (χ4v) is 1.18. The molecule has 1 aromatic rings. The molecule has 0 fully saturated rings. The standard InChI is InChI=1S/C10H13F2NO/c1-6(5-13)10(14)7-3-2-4-8(11)9(7)12/h2-4,6,10,14H,5,13H2,1H3. The van der Waals surface area contributed by atoms with Gasteiger partial charge in [0.2, 0.25) is 0 Å². The first-order chi connectivity index (χ1) is 6.57. The molecule has 1 rings (SSSR count). The summed E-state index contributed by atoms with van der Waals surface area (Å²) in [6.07, 6.45) is -1.06. The van der Waals surface area contributed by atoms with Gasteiger partial charge < -0.3 is 10.8 Å². The van der Waals surface area contributed by atoms with Gasteiger partial charge in [-0.1, -0.05) is 19.1 Å². The van der Waals surface area contributed by atoms with Crippen molar-refractivity contribution in [3.8, 4) is 0 Å². The number of hydrogen-bond donors (Lipinski definition) is 2. The predicted octanol–water partition coefficient (Wildman–Crippen LogP) is 1.59. The summed E-state index contributed by atoms with van der Waals surface area (Å²) in [5, 5.41) is 9.61. The van der Waals surface area contributed by atoms with Gasteiger partial charge in [0.25, 0.3) is 0 Å². The van der Waals surface area contributed by atoms with Crippen LogP contribution in [0.2, 0.25) is 0 Å². The van der Waals surface area contributed by atoms with Gasteiger partial charge in [-0.05, 0) is 18.5 Å². The molecule has 0 saturated carbocycles. The van der Waals surface area contributed by atoms with Crippen LogP contribution in [-0.2, 0) is 0 Å². The summed E-state index contributed by atoms with van der Waals surface area (Å²) >= 11 is 0. The minimum absolute atomic E-state index is 0.0389. The average molecular weight is 201 g/mol. The Labute approximate surface area is 81.4 Å². The quantitative estimate of drug-likeness (QED) is 0.780. The molecule has 0 aromatic heterocycles. The molecule has 14 heavy (non-hydrogen) atoms. The first-order valence-electron chi connectivity index (χ1n) is 4.40. The van der Waals surface area contributed by atoms with Crippen molar-refractivity contribution < 1.29 is 13.9 Å². The maximum Gasteiger partial charge on any atom is 0.164 e. The van der Waals surface area contributed by atoms with Crippen LogP contribution in [0.4, 0.5) is 8.78 Å². The Morgan fingerprint density at radius 1 is 1.43 bits per heavy atom. The van der Waals surface area contributed by atoms with Gasteiger partial charge in [-0.15, -0.1) is 0 Å². The number of aliphatic hydroxyl groups is 1. The van der Waals surface area contributed by atoms with Crippen molar-refractivity contribution in [2.24, 2.45) is 11.7 Å². The third kappa shape index (κ3) is 2.08. The predicted molar refractivity (Wildman–Crippen MR) is 49.5 cm³/mol. The third-order valence-corrected chi connectivity index (χ3v) is 2.21. The van der Waals surface area contributed by atoms with Gasteiger partial charge in [0.1, 0.15) is 0 Å². The molecule has 0 aliphatic carbocycles. The van der Waals surface area contributed by atoms with E-state index in [1.165, 1.54) is 12.1 Å². The van der Waals surface area contributed by atoms with Gasteiger partial charge in [0.15, 0.2) is 11.6 Å². The summed E-state index contributed by atoms with van der Waals surface area (Å²) in [7, 11) is 0. The van der Waals surface area contributed by atoms with Crippen LogP contribution in [0.3, 0.4) is 0 Å². The highest BCUT2D eigenvalue weighted by Gasteiger charge is 2.20. The van der Waals surface area contributed by atoms with E-state index in [1.54, 1.807) is 6.92 Å². The van der Waals surface area contributed by atoms with E-state index in [1.807, 2.05) is 0 Å². The molecular weight excluding hydrogens is 188 g/mol. The van der Waals surface area contributed by atoms with Crippen LogP contribution in [-0.4, -0.2) is 11.7 Å². The number of halogens is 2. The smallest absolute Gasteiger partial charge is 0.164 e. The van der Waals surface area contributed by atoms with Crippen LogP contribution in [0.1, 0.15) is 18.6 Å². The molecule has 1 aromatic carbocycles. The highest BCUT2D eigenvalue weighted by Crippen LogP contribution is 2.24. The Balaban J connectivity index is 3.01. The SMILES string of the molecule is CC(CN)C(O)c1cccc(F)c1F. The maximum atomic E-state index is 13.2. The molecule has 4 heteroatoms. The normalized spacial score (nSPS) is 15.2. The molecule has 78 valence electrons. The Kier molecular flexibility index (Phi) is 3.55. The second-order valence-corrected chi connectivity index (χ2v) is 3.30. The summed E-state index contributed by atoms with van der Waals surface area (Å²) in [5.41, 5.74) is 5.28. The fraction of sp³-hybridized carbons (Fsp3) is 0.400. The molecule has 2 atom stereocenters. The number of hydrogen-bond acceptors (Lipinski definition) is 2. The maximum absolute atomic E-state index is 13.2. The van der Waals surface area contributed by atoms with E-state index in [0.717, 1.165) is 6.07 Å². The minimum atomic E-state index is -1.06. The Morgan fingerprint density at radius 2 is 2.07 bits per heavy atom. The van der Waals surface area contributed by atoms with Crippen molar-refractivity contribution >= 4 is 0 Å². The number of rotatable bonds is 3. The highest BCUT2D eigenvalue weighted by molar-refractivity contribution is 5.21. The van der Waals surface area contributed by atoms with E-state index >= 15 is 0 Å². The van der Waals surface area contributed by atoms with E-state index in [4.69, 9.17) is 5.73 Å². The van der Waals surface area contributed by atoms with E-state index < -0.39 is 17.7 Å². The molecular formula is C10H13F2NO.